The molecule has 1 aromatic rings. The van der Waals surface area contributed by atoms with Crippen LogP contribution in [0.25, 0.3) is 0 Å². The summed E-state index contributed by atoms with van der Waals surface area (Å²) in [6, 6.07) is 6.52. The van der Waals surface area contributed by atoms with Gasteiger partial charge in [0.2, 0.25) is 5.91 Å². The number of rotatable bonds is 3. The van der Waals surface area contributed by atoms with Gasteiger partial charge in [0, 0.05) is 25.6 Å². The fourth-order valence-electron chi connectivity index (χ4n) is 2.75. The molecular formula is C15H21FN2O. The molecule has 0 spiro atoms. The van der Waals surface area contributed by atoms with Crippen LogP contribution in [0.4, 0.5) is 4.39 Å². The van der Waals surface area contributed by atoms with E-state index in [1.54, 1.807) is 18.0 Å². The number of nitrogens with zero attached hydrogens (tertiary/aromatic N) is 1. The molecule has 104 valence electrons. The van der Waals surface area contributed by atoms with Crippen LogP contribution in [0.1, 0.15) is 31.2 Å². The smallest absolute Gasteiger partial charge is 0.225 e. The zero-order chi connectivity index (χ0) is 13.8. The van der Waals surface area contributed by atoms with Crippen LogP contribution in [0, 0.1) is 11.7 Å². The Morgan fingerprint density at radius 2 is 2.26 bits per heavy atom. The normalized spacial score (nSPS) is 23.1. The number of halogens is 1. The third-order valence-corrected chi connectivity index (χ3v) is 3.75. The molecule has 0 bridgehead atoms. The summed E-state index contributed by atoms with van der Waals surface area (Å²) in [5.41, 5.74) is 6.73. The number of nitrogens with two attached hydrogens (primary N) is 1. The van der Waals surface area contributed by atoms with Gasteiger partial charge in [-0.1, -0.05) is 18.6 Å². The SMILES string of the molecule is CN(Cc1cccc(F)c1)C(=O)C1CCCC(N)C1. The molecule has 2 rings (SSSR count). The van der Waals surface area contributed by atoms with Gasteiger partial charge in [-0.15, -0.1) is 0 Å². The minimum Gasteiger partial charge on any atom is -0.341 e. The Morgan fingerprint density at radius 1 is 1.47 bits per heavy atom. The molecule has 1 saturated carbocycles. The monoisotopic (exact) mass is 264 g/mol. The molecule has 0 saturated heterocycles. The van der Waals surface area contributed by atoms with Crippen LogP contribution in [0.5, 0.6) is 0 Å². The number of carbonyl (C=O) groups excluding carboxylic acids is 1. The maximum atomic E-state index is 13.1. The number of carbonyl (C=O) groups is 1. The second kappa shape index (κ2) is 6.15. The van der Waals surface area contributed by atoms with Gasteiger partial charge < -0.3 is 10.6 Å². The summed E-state index contributed by atoms with van der Waals surface area (Å²) in [7, 11) is 1.77. The number of hydrogen-bond donors (Lipinski definition) is 1. The van der Waals surface area contributed by atoms with Gasteiger partial charge in [-0.05, 0) is 37.0 Å². The van der Waals surface area contributed by atoms with Gasteiger partial charge in [0.1, 0.15) is 5.82 Å². The summed E-state index contributed by atoms with van der Waals surface area (Å²) in [5, 5.41) is 0. The fraction of sp³-hybridized carbons (Fsp3) is 0.533. The first-order valence-corrected chi connectivity index (χ1v) is 6.81. The molecule has 0 radical (unpaired) electrons. The van der Waals surface area contributed by atoms with Gasteiger partial charge >= 0.3 is 0 Å². The molecule has 1 aliphatic carbocycles. The molecule has 1 fully saturated rings. The van der Waals surface area contributed by atoms with E-state index in [1.165, 1.54) is 12.1 Å². The molecule has 4 heteroatoms. The van der Waals surface area contributed by atoms with Gasteiger partial charge in [-0.25, -0.2) is 4.39 Å². The van der Waals surface area contributed by atoms with Crippen molar-refractivity contribution in [3.63, 3.8) is 0 Å². The van der Waals surface area contributed by atoms with E-state index in [4.69, 9.17) is 5.73 Å². The average molecular weight is 264 g/mol. The zero-order valence-corrected chi connectivity index (χ0v) is 11.3. The summed E-state index contributed by atoms with van der Waals surface area (Å²) < 4.78 is 13.1. The summed E-state index contributed by atoms with van der Waals surface area (Å²) in [4.78, 5) is 14.0. The summed E-state index contributed by atoms with van der Waals surface area (Å²) in [6.07, 6.45) is 3.72. The minimum atomic E-state index is -0.266. The van der Waals surface area contributed by atoms with Crippen molar-refractivity contribution in [1.82, 2.24) is 4.90 Å². The molecule has 0 aliphatic heterocycles. The Balaban J connectivity index is 1.95. The van der Waals surface area contributed by atoms with Crippen molar-refractivity contribution in [3.8, 4) is 0 Å². The highest BCUT2D eigenvalue weighted by molar-refractivity contribution is 5.78. The van der Waals surface area contributed by atoms with Crippen molar-refractivity contribution in [2.75, 3.05) is 7.05 Å². The summed E-state index contributed by atoms with van der Waals surface area (Å²) in [5.74, 6) is -0.111. The van der Waals surface area contributed by atoms with E-state index >= 15 is 0 Å². The van der Waals surface area contributed by atoms with E-state index in [0.29, 0.717) is 6.54 Å². The second-order valence-corrected chi connectivity index (χ2v) is 5.45. The van der Waals surface area contributed by atoms with Crippen LogP contribution in [-0.2, 0) is 11.3 Å². The molecule has 2 atom stereocenters. The van der Waals surface area contributed by atoms with Crippen molar-refractivity contribution in [3.05, 3.63) is 35.6 Å². The molecule has 3 nitrogen and oxygen atoms in total. The van der Waals surface area contributed by atoms with E-state index < -0.39 is 0 Å². The van der Waals surface area contributed by atoms with Gasteiger partial charge in [0.15, 0.2) is 0 Å². The number of amides is 1. The lowest BCUT2D eigenvalue weighted by molar-refractivity contribution is -0.135. The summed E-state index contributed by atoms with van der Waals surface area (Å²) in [6.45, 7) is 0.447. The first kappa shape index (κ1) is 14.0. The van der Waals surface area contributed by atoms with Crippen molar-refractivity contribution in [2.24, 2.45) is 11.7 Å². The zero-order valence-electron chi connectivity index (χ0n) is 11.3. The standard InChI is InChI=1S/C15H21FN2O/c1-18(10-11-4-2-6-13(16)8-11)15(19)12-5-3-7-14(17)9-12/h2,4,6,8,12,14H,3,5,7,9-10,17H2,1H3. The lowest BCUT2D eigenvalue weighted by Crippen LogP contribution is -2.38. The number of hydrogen-bond acceptors (Lipinski definition) is 2. The highest BCUT2D eigenvalue weighted by Gasteiger charge is 2.27. The first-order chi connectivity index (χ1) is 9.06. The molecule has 2 unspecified atom stereocenters. The Bertz CT molecular complexity index is 450. The first-order valence-electron chi connectivity index (χ1n) is 6.81. The van der Waals surface area contributed by atoms with Gasteiger partial charge in [-0.2, -0.15) is 0 Å². The molecule has 0 aromatic heterocycles. The second-order valence-electron chi connectivity index (χ2n) is 5.45. The highest BCUT2D eigenvalue weighted by atomic mass is 19.1. The Labute approximate surface area is 113 Å². The van der Waals surface area contributed by atoms with E-state index in [0.717, 1.165) is 31.2 Å². The average Bonchev–Trinajstić information content (AvgIpc) is 2.38. The van der Waals surface area contributed by atoms with E-state index in [-0.39, 0.29) is 23.7 Å². The summed E-state index contributed by atoms with van der Waals surface area (Å²) >= 11 is 0. The van der Waals surface area contributed by atoms with Crippen molar-refractivity contribution in [1.29, 1.82) is 0 Å². The topological polar surface area (TPSA) is 46.3 Å². The Morgan fingerprint density at radius 3 is 2.95 bits per heavy atom. The molecular weight excluding hydrogens is 243 g/mol. The molecule has 19 heavy (non-hydrogen) atoms. The highest BCUT2D eigenvalue weighted by Crippen LogP contribution is 2.25. The maximum Gasteiger partial charge on any atom is 0.225 e. The molecule has 1 aromatic carbocycles. The number of benzene rings is 1. The van der Waals surface area contributed by atoms with Crippen LogP contribution in [-0.4, -0.2) is 23.9 Å². The molecule has 0 heterocycles. The van der Waals surface area contributed by atoms with Crippen molar-refractivity contribution >= 4 is 5.91 Å². The van der Waals surface area contributed by atoms with Crippen molar-refractivity contribution in [2.45, 2.75) is 38.3 Å². The van der Waals surface area contributed by atoms with Crippen LogP contribution < -0.4 is 5.73 Å². The molecule has 2 N–H and O–H groups in total. The lowest BCUT2D eigenvalue weighted by Gasteiger charge is -2.29. The minimum absolute atomic E-state index is 0.0299. The predicted molar refractivity (Wildman–Crippen MR) is 72.8 cm³/mol. The quantitative estimate of drug-likeness (QED) is 0.910. The van der Waals surface area contributed by atoms with Gasteiger partial charge in [-0.3, -0.25) is 4.79 Å². The largest absolute Gasteiger partial charge is 0.341 e. The third kappa shape index (κ3) is 3.77. The van der Waals surface area contributed by atoms with E-state index in [2.05, 4.69) is 0 Å². The lowest BCUT2D eigenvalue weighted by atomic mass is 9.85. The molecule has 1 aliphatic rings. The van der Waals surface area contributed by atoms with Crippen LogP contribution >= 0.6 is 0 Å². The maximum absolute atomic E-state index is 13.1. The van der Waals surface area contributed by atoms with Crippen LogP contribution in [0.15, 0.2) is 24.3 Å². The molecule has 1 amide bonds. The van der Waals surface area contributed by atoms with E-state index in [1.807, 2.05) is 6.07 Å². The predicted octanol–water partition coefficient (Wildman–Crippen LogP) is 2.30. The fourth-order valence-corrected chi connectivity index (χ4v) is 2.75. The van der Waals surface area contributed by atoms with Crippen LogP contribution in [0.3, 0.4) is 0 Å². The Kier molecular flexibility index (Phi) is 4.53. The van der Waals surface area contributed by atoms with Crippen molar-refractivity contribution < 1.29 is 9.18 Å². The third-order valence-electron chi connectivity index (χ3n) is 3.75. The van der Waals surface area contributed by atoms with Gasteiger partial charge in [0.25, 0.3) is 0 Å². The van der Waals surface area contributed by atoms with E-state index in [9.17, 15) is 9.18 Å². The van der Waals surface area contributed by atoms with Gasteiger partial charge in [0.05, 0.1) is 0 Å². The Hall–Kier alpha value is -1.42. The van der Waals surface area contributed by atoms with Crippen LogP contribution in [0.2, 0.25) is 0 Å².